The van der Waals surface area contributed by atoms with E-state index in [1.165, 1.54) is 12.1 Å². The van der Waals surface area contributed by atoms with Crippen LogP contribution in [0.3, 0.4) is 0 Å². The molecule has 6 nitrogen and oxygen atoms in total. The van der Waals surface area contributed by atoms with Crippen LogP contribution in [0.1, 0.15) is 88.8 Å². The first-order valence-electron chi connectivity index (χ1n) is 15.4. The highest BCUT2D eigenvalue weighted by Crippen LogP contribution is 2.49. The molecule has 230 valence electrons. The van der Waals surface area contributed by atoms with E-state index in [-0.39, 0.29) is 23.6 Å². The minimum Gasteiger partial charge on any atom is -0.390 e. The number of carbonyl (C=O) groups excluding carboxylic acids is 2. The molecular weight excluding hydrogens is 548 g/mol. The molecule has 0 saturated heterocycles. The highest BCUT2D eigenvalue weighted by Gasteiger charge is 2.50. The van der Waals surface area contributed by atoms with Crippen LogP contribution in [0.4, 0.5) is 8.78 Å². The summed E-state index contributed by atoms with van der Waals surface area (Å²) in [5.74, 6) is -1.08. The first kappa shape index (κ1) is 31.0. The molecule has 43 heavy (non-hydrogen) atoms. The van der Waals surface area contributed by atoms with Gasteiger partial charge in [0.15, 0.2) is 0 Å². The summed E-state index contributed by atoms with van der Waals surface area (Å²) in [7, 11) is 0. The third-order valence-electron chi connectivity index (χ3n) is 9.63. The molecular formula is C35H43F2N3O3. The van der Waals surface area contributed by atoms with Gasteiger partial charge >= 0.3 is 0 Å². The van der Waals surface area contributed by atoms with Crippen LogP contribution < -0.4 is 10.6 Å². The second-order valence-electron chi connectivity index (χ2n) is 13.8. The molecule has 2 aromatic carbocycles. The van der Waals surface area contributed by atoms with Crippen molar-refractivity contribution in [1.29, 1.82) is 0 Å². The number of nitrogens with zero attached hydrogens (tertiary/aromatic N) is 1. The molecule has 0 atom stereocenters. The number of amides is 2. The average molecular weight is 592 g/mol. The second-order valence-corrected chi connectivity index (χ2v) is 13.8. The van der Waals surface area contributed by atoms with E-state index in [0.717, 1.165) is 42.9 Å². The molecule has 2 amide bonds. The molecule has 8 heteroatoms. The van der Waals surface area contributed by atoms with Crippen molar-refractivity contribution in [3.05, 3.63) is 76.9 Å². The van der Waals surface area contributed by atoms with E-state index in [2.05, 4.69) is 21.7 Å². The number of aliphatic imine (C=N–C) groups is 1. The van der Waals surface area contributed by atoms with Gasteiger partial charge in [-0.15, -0.1) is 0 Å². The fourth-order valence-corrected chi connectivity index (χ4v) is 7.09. The Bertz CT molecular complexity index is 1450. The number of aryl methyl sites for hydroxylation is 1. The number of aliphatic hydroxyl groups is 1. The summed E-state index contributed by atoms with van der Waals surface area (Å²) >= 11 is 0. The molecule has 0 bridgehead atoms. The molecule has 0 radical (unpaired) electrons. The number of hydrogen-bond donors (Lipinski definition) is 3. The lowest BCUT2D eigenvalue weighted by atomic mass is 9.58. The van der Waals surface area contributed by atoms with Gasteiger partial charge < -0.3 is 15.7 Å². The number of hydrogen-bond acceptors (Lipinski definition) is 4. The van der Waals surface area contributed by atoms with E-state index in [9.17, 15) is 23.5 Å². The van der Waals surface area contributed by atoms with Crippen molar-refractivity contribution in [2.75, 3.05) is 6.54 Å². The Kier molecular flexibility index (Phi) is 8.63. The maximum Gasteiger partial charge on any atom is 0.269 e. The molecule has 0 aromatic heterocycles. The number of dihydropyridines is 1. The van der Waals surface area contributed by atoms with Crippen molar-refractivity contribution in [2.45, 2.75) is 95.7 Å². The molecule has 0 unspecified atom stereocenters. The van der Waals surface area contributed by atoms with Crippen molar-refractivity contribution >= 4 is 23.1 Å². The molecule has 1 aliphatic heterocycles. The predicted molar refractivity (Wildman–Crippen MR) is 164 cm³/mol. The van der Waals surface area contributed by atoms with E-state index in [4.69, 9.17) is 0 Å². The molecule has 5 rings (SSSR count). The minimum atomic E-state index is -0.733. The van der Waals surface area contributed by atoms with Crippen LogP contribution in [0.15, 0.2) is 53.5 Å². The van der Waals surface area contributed by atoms with Crippen LogP contribution in [-0.2, 0) is 15.1 Å². The summed E-state index contributed by atoms with van der Waals surface area (Å²) in [5.41, 5.74) is 1.18. The molecule has 3 aliphatic rings. The van der Waals surface area contributed by atoms with E-state index < -0.39 is 34.2 Å². The zero-order valence-corrected chi connectivity index (χ0v) is 25.6. The van der Waals surface area contributed by atoms with Gasteiger partial charge in [0, 0.05) is 30.1 Å². The minimum absolute atomic E-state index is 0.130. The van der Waals surface area contributed by atoms with Crippen LogP contribution in [0, 0.1) is 30.4 Å². The number of rotatable bonds is 8. The number of nitrogens with one attached hydrogen (secondary N) is 2. The van der Waals surface area contributed by atoms with Gasteiger partial charge in [0.2, 0.25) is 5.91 Å². The van der Waals surface area contributed by atoms with Gasteiger partial charge in [-0.3, -0.25) is 14.6 Å². The standard InChI is InChI=1S/C35H43F2N3O3/c1-22-6-5-7-26(16-22)33(2,3)39-31(41)21-35(19-25(20-35)23-10-13-34(4,43)14-11-23)40-32(42)30-17-24(12-15-38-30)28-9-8-27(36)18-29(28)37/h5-9,16-18,23,25,43H,10-15,19-21H2,1-4H3,(H,39,41)(H,40,42). The second kappa shape index (κ2) is 11.9. The number of carbonyl (C=O) groups is 2. The van der Waals surface area contributed by atoms with Crippen LogP contribution in [-0.4, -0.2) is 40.3 Å². The van der Waals surface area contributed by atoms with Gasteiger partial charge in [0.1, 0.15) is 17.3 Å². The lowest BCUT2D eigenvalue weighted by molar-refractivity contribution is -0.128. The topological polar surface area (TPSA) is 90.8 Å². The number of halogens is 2. The Morgan fingerprint density at radius 3 is 2.47 bits per heavy atom. The highest BCUT2D eigenvalue weighted by atomic mass is 19.1. The molecule has 2 aliphatic carbocycles. The lowest BCUT2D eigenvalue weighted by Gasteiger charge is -2.52. The third kappa shape index (κ3) is 7.23. The van der Waals surface area contributed by atoms with Crippen molar-refractivity contribution in [3.8, 4) is 0 Å². The number of benzene rings is 2. The third-order valence-corrected chi connectivity index (χ3v) is 9.63. The molecule has 2 saturated carbocycles. The summed E-state index contributed by atoms with van der Waals surface area (Å²) in [5, 5.41) is 16.8. The summed E-state index contributed by atoms with van der Waals surface area (Å²) in [6, 6.07) is 11.5. The maximum atomic E-state index is 14.5. The molecule has 2 aromatic rings. The first-order valence-corrected chi connectivity index (χ1v) is 15.4. The van der Waals surface area contributed by atoms with Gasteiger partial charge in [-0.05, 0) is 114 Å². The van der Waals surface area contributed by atoms with Crippen molar-refractivity contribution in [3.63, 3.8) is 0 Å². The largest absolute Gasteiger partial charge is 0.390 e. The van der Waals surface area contributed by atoms with Gasteiger partial charge in [-0.25, -0.2) is 8.78 Å². The van der Waals surface area contributed by atoms with E-state index in [0.29, 0.717) is 43.2 Å². The summed E-state index contributed by atoms with van der Waals surface area (Å²) in [4.78, 5) is 31.6. The van der Waals surface area contributed by atoms with Gasteiger partial charge in [0.05, 0.1) is 11.1 Å². The lowest BCUT2D eigenvalue weighted by Crippen LogP contribution is -2.62. The van der Waals surface area contributed by atoms with Gasteiger partial charge in [-0.1, -0.05) is 29.8 Å². The molecule has 3 N–H and O–H groups in total. The SMILES string of the molecule is Cc1cccc(C(C)(C)NC(=O)CC2(NC(=O)C3=NCCC(c4ccc(F)cc4F)=C3)CC(C3CCC(C)(O)CC3)C2)c1. The zero-order chi connectivity index (χ0) is 31.0. The fraction of sp³-hybridized carbons (Fsp3) is 0.514. The molecule has 2 fully saturated rings. The van der Waals surface area contributed by atoms with Crippen molar-refractivity contribution in [1.82, 2.24) is 10.6 Å². The zero-order valence-electron chi connectivity index (χ0n) is 25.6. The molecule has 1 heterocycles. The Balaban J connectivity index is 1.32. The molecule has 0 spiro atoms. The average Bonchev–Trinajstić information content (AvgIpc) is 2.91. The quantitative estimate of drug-likeness (QED) is 0.344. The van der Waals surface area contributed by atoms with Crippen molar-refractivity contribution in [2.24, 2.45) is 16.8 Å². The fourth-order valence-electron chi connectivity index (χ4n) is 7.09. The Morgan fingerprint density at radius 1 is 1.07 bits per heavy atom. The highest BCUT2D eigenvalue weighted by molar-refractivity contribution is 6.44. The van der Waals surface area contributed by atoms with Crippen LogP contribution in [0.2, 0.25) is 0 Å². The summed E-state index contributed by atoms with van der Waals surface area (Å²) < 4.78 is 28.0. The van der Waals surface area contributed by atoms with Crippen LogP contribution >= 0.6 is 0 Å². The predicted octanol–water partition coefficient (Wildman–Crippen LogP) is 6.15. The van der Waals surface area contributed by atoms with Crippen LogP contribution in [0.25, 0.3) is 5.57 Å². The smallest absolute Gasteiger partial charge is 0.269 e. The summed E-state index contributed by atoms with van der Waals surface area (Å²) in [6.45, 7) is 8.16. The normalized spacial score (nSPS) is 27.4. The van der Waals surface area contributed by atoms with E-state index >= 15 is 0 Å². The first-order chi connectivity index (χ1) is 20.2. The van der Waals surface area contributed by atoms with Gasteiger partial charge in [0.25, 0.3) is 5.91 Å². The van der Waals surface area contributed by atoms with E-state index in [1.807, 2.05) is 45.9 Å². The Labute approximate surface area is 253 Å². The Hall–Kier alpha value is -3.39. The monoisotopic (exact) mass is 591 g/mol. The maximum absolute atomic E-state index is 14.5. The van der Waals surface area contributed by atoms with E-state index in [1.54, 1.807) is 6.08 Å². The summed E-state index contributed by atoms with van der Waals surface area (Å²) in [6.07, 6.45) is 6.84. The Morgan fingerprint density at radius 2 is 1.79 bits per heavy atom. The van der Waals surface area contributed by atoms with Crippen LogP contribution in [0.5, 0.6) is 0 Å². The van der Waals surface area contributed by atoms with Gasteiger partial charge in [-0.2, -0.15) is 0 Å². The van der Waals surface area contributed by atoms with Crippen molar-refractivity contribution < 1.29 is 23.5 Å².